The van der Waals surface area contributed by atoms with Gasteiger partial charge in [-0.2, -0.15) is 0 Å². The van der Waals surface area contributed by atoms with Gasteiger partial charge in [0.2, 0.25) is 5.91 Å². The van der Waals surface area contributed by atoms with E-state index < -0.39 is 0 Å². The van der Waals surface area contributed by atoms with Crippen molar-refractivity contribution in [2.24, 2.45) is 11.8 Å². The molecular formula is C18H27ClN2O. The number of piperidine rings is 1. The molecule has 4 heteroatoms. The monoisotopic (exact) mass is 322 g/mol. The zero-order chi connectivity index (χ0) is 16.1. The predicted octanol–water partition coefficient (Wildman–Crippen LogP) is 3.71. The molecule has 1 atom stereocenters. The van der Waals surface area contributed by atoms with Crippen molar-refractivity contribution in [1.82, 2.24) is 10.2 Å². The minimum Gasteiger partial charge on any atom is -0.353 e. The van der Waals surface area contributed by atoms with E-state index >= 15 is 0 Å². The van der Waals surface area contributed by atoms with E-state index in [0.717, 1.165) is 37.5 Å². The van der Waals surface area contributed by atoms with Crippen LogP contribution in [0.1, 0.15) is 39.2 Å². The van der Waals surface area contributed by atoms with Crippen LogP contribution in [0.25, 0.3) is 0 Å². The number of benzene rings is 1. The quantitative estimate of drug-likeness (QED) is 0.896. The molecule has 1 aliphatic rings. The van der Waals surface area contributed by atoms with Crippen molar-refractivity contribution in [3.8, 4) is 0 Å². The molecule has 0 spiro atoms. The van der Waals surface area contributed by atoms with Crippen LogP contribution in [0.5, 0.6) is 0 Å². The Bertz CT molecular complexity index is 496. The van der Waals surface area contributed by atoms with E-state index in [1.54, 1.807) is 0 Å². The van der Waals surface area contributed by atoms with Gasteiger partial charge in [-0.1, -0.05) is 37.6 Å². The number of hydrogen-bond acceptors (Lipinski definition) is 2. The topological polar surface area (TPSA) is 32.3 Å². The summed E-state index contributed by atoms with van der Waals surface area (Å²) in [6, 6.07) is 8.26. The Morgan fingerprint density at radius 1 is 1.32 bits per heavy atom. The molecule has 122 valence electrons. The van der Waals surface area contributed by atoms with Crippen LogP contribution in [0, 0.1) is 11.8 Å². The first-order chi connectivity index (χ1) is 10.5. The first-order valence-electron chi connectivity index (χ1n) is 8.23. The van der Waals surface area contributed by atoms with Gasteiger partial charge in [-0.25, -0.2) is 0 Å². The maximum atomic E-state index is 12.3. The van der Waals surface area contributed by atoms with Crippen molar-refractivity contribution in [2.45, 2.75) is 46.2 Å². The Hall–Kier alpha value is -1.06. The fourth-order valence-corrected chi connectivity index (χ4v) is 2.97. The van der Waals surface area contributed by atoms with Gasteiger partial charge in [0.15, 0.2) is 0 Å². The number of rotatable bonds is 5. The summed E-state index contributed by atoms with van der Waals surface area (Å²) in [7, 11) is 0. The SMILES string of the molecule is CC(C)[C@H](C)NC(=O)C1CCN(Cc2cccc(Cl)c2)CC1. The third-order valence-corrected chi connectivity index (χ3v) is 4.86. The van der Waals surface area contributed by atoms with Crippen molar-refractivity contribution in [1.29, 1.82) is 0 Å². The molecule has 0 aromatic heterocycles. The average Bonchev–Trinajstić information content (AvgIpc) is 2.47. The lowest BCUT2D eigenvalue weighted by atomic mass is 9.94. The van der Waals surface area contributed by atoms with Crippen molar-refractivity contribution in [3.05, 3.63) is 34.9 Å². The zero-order valence-corrected chi connectivity index (χ0v) is 14.6. The van der Waals surface area contributed by atoms with Crippen LogP contribution < -0.4 is 5.32 Å². The van der Waals surface area contributed by atoms with Gasteiger partial charge in [0.1, 0.15) is 0 Å². The van der Waals surface area contributed by atoms with Crippen LogP contribution in [0.2, 0.25) is 5.02 Å². The summed E-state index contributed by atoms with van der Waals surface area (Å²) in [5.41, 5.74) is 1.24. The summed E-state index contributed by atoms with van der Waals surface area (Å²) < 4.78 is 0. The summed E-state index contributed by atoms with van der Waals surface area (Å²) in [6.45, 7) is 9.21. The molecule has 0 aliphatic carbocycles. The van der Waals surface area contributed by atoms with Crippen molar-refractivity contribution in [2.75, 3.05) is 13.1 Å². The largest absolute Gasteiger partial charge is 0.353 e. The Kier molecular flexibility index (Phi) is 6.27. The molecule has 1 amide bonds. The predicted molar refractivity (Wildman–Crippen MR) is 91.9 cm³/mol. The van der Waals surface area contributed by atoms with E-state index in [2.05, 4.69) is 37.1 Å². The van der Waals surface area contributed by atoms with Gasteiger partial charge in [-0.3, -0.25) is 9.69 Å². The number of amides is 1. The molecule has 2 rings (SSSR count). The molecule has 0 bridgehead atoms. The molecule has 1 saturated heterocycles. The minimum atomic E-state index is 0.164. The fraction of sp³-hybridized carbons (Fsp3) is 0.611. The number of carbonyl (C=O) groups is 1. The lowest BCUT2D eigenvalue weighted by Crippen LogP contribution is -2.44. The fourth-order valence-electron chi connectivity index (χ4n) is 2.76. The van der Waals surface area contributed by atoms with Gasteiger partial charge >= 0.3 is 0 Å². The summed E-state index contributed by atoms with van der Waals surface area (Å²) in [5.74, 6) is 0.868. The van der Waals surface area contributed by atoms with Gasteiger partial charge in [0, 0.05) is 23.5 Å². The highest BCUT2D eigenvalue weighted by atomic mass is 35.5. The Morgan fingerprint density at radius 2 is 2.00 bits per heavy atom. The number of likely N-dealkylation sites (tertiary alicyclic amines) is 1. The first-order valence-corrected chi connectivity index (χ1v) is 8.60. The summed E-state index contributed by atoms with van der Waals surface area (Å²) >= 11 is 6.03. The molecule has 3 nitrogen and oxygen atoms in total. The third kappa shape index (κ3) is 4.99. The molecule has 1 aliphatic heterocycles. The normalized spacial score (nSPS) is 18.4. The van der Waals surface area contributed by atoms with Crippen molar-refractivity contribution < 1.29 is 4.79 Å². The molecule has 1 fully saturated rings. The van der Waals surface area contributed by atoms with E-state index in [-0.39, 0.29) is 17.9 Å². The van der Waals surface area contributed by atoms with Gasteiger partial charge in [0.05, 0.1) is 0 Å². The lowest BCUT2D eigenvalue weighted by Gasteiger charge is -2.32. The van der Waals surface area contributed by atoms with Crippen molar-refractivity contribution >= 4 is 17.5 Å². The summed E-state index contributed by atoms with van der Waals surface area (Å²) in [5, 5.41) is 3.93. The molecule has 1 aromatic rings. The Balaban J connectivity index is 1.79. The standard InChI is InChI=1S/C18H27ClN2O/c1-13(2)14(3)20-18(22)16-7-9-21(10-8-16)12-15-5-4-6-17(19)11-15/h4-6,11,13-14,16H,7-10,12H2,1-3H3,(H,20,22)/t14-/m0/s1. The molecule has 1 N–H and O–H groups in total. The lowest BCUT2D eigenvalue weighted by molar-refractivity contribution is -0.127. The maximum absolute atomic E-state index is 12.3. The number of nitrogens with one attached hydrogen (secondary N) is 1. The van der Waals surface area contributed by atoms with E-state index in [0.29, 0.717) is 5.92 Å². The van der Waals surface area contributed by atoms with Crippen LogP contribution in [0.4, 0.5) is 0 Å². The minimum absolute atomic E-state index is 0.164. The van der Waals surface area contributed by atoms with E-state index in [9.17, 15) is 4.79 Å². The summed E-state index contributed by atoms with van der Waals surface area (Å²) in [4.78, 5) is 14.7. The van der Waals surface area contributed by atoms with Gasteiger partial charge < -0.3 is 5.32 Å². The summed E-state index contributed by atoms with van der Waals surface area (Å²) in [6.07, 6.45) is 1.88. The molecular weight excluding hydrogens is 296 g/mol. The molecule has 0 saturated carbocycles. The van der Waals surface area contributed by atoms with Crippen LogP contribution in [0.3, 0.4) is 0 Å². The number of carbonyl (C=O) groups excluding carboxylic acids is 1. The van der Waals surface area contributed by atoms with Crippen LogP contribution in [-0.2, 0) is 11.3 Å². The number of halogens is 1. The van der Waals surface area contributed by atoms with Crippen molar-refractivity contribution in [3.63, 3.8) is 0 Å². The molecule has 1 heterocycles. The second-order valence-electron chi connectivity index (χ2n) is 6.72. The Labute approximate surface area is 139 Å². The van der Waals surface area contributed by atoms with E-state index in [1.165, 1.54) is 5.56 Å². The van der Waals surface area contributed by atoms with Gasteiger partial charge in [-0.15, -0.1) is 0 Å². The number of hydrogen-bond donors (Lipinski definition) is 1. The van der Waals surface area contributed by atoms with E-state index in [4.69, 9.17) is 11.6 Å². The average molecular weight is 323 g/mol. The molecule has 1 aromatic carbocycles. The smallest absolute Gasteiger partial charge is 0.223 e. The highest BCUT2D eigenvalue weighted by Gasteiger charge is 2.26. The van der Waals surface area contributed by atoms with E-state index in [1.807, 2.05) is 18.2 Å². The zero-order valence-electron chi connectivity index (χ0n) is 13.8. The van der Waals surface area contributed by atoms with Gasteiger partial charge in [-0.05, 0) is 56.5 Å². The second-order valence-corrected chi connectivity index (χ2v) is 7.16. The molecule has 0 radical (unpaired) electrons. The van der Waals surface area contributed by atoms with Crippen LogP contribution in [0.15, 0.2) is 24.3 Å². The Morgan fingerprint density at radius 3 is 2.59 bits per heavy atom. The molecule has 22 heavy (non-hydrogen) atoms. The number of nitrogens with zero attached hydrogens (tertiary/aromatic N) is 1. The highest BCUT2D eigenvalue weighted by Crippen LogP contribution is 2.20. The van der Waals surface area contributed by atoms with Gasteiger partial charge in [0.25, 0.3) is 0 Å². The molecule has 0 unspecified atom stereocenters. The maximum Gasteiger partial charge on any atom is 0.223 e. The first kappa shape index (κ1) is 17.3. The highest BCUT2D eigenvalue weighted by molar-refractivity contribution is 6.30. The second kappa shape index (κ2) is 7.98. The van der Waals surface area contributed by atoms with Crippen LogP contribution >= 0.6 is 11.6 Å². The van der Waals surface area contributed by atoms with Crippen LogP contribution in [-0.4, -0.2) is 29.9 Å². The third-order valence-electron chi connectivity index (χ3n) is 4.62.